The van der Waals surface area contributed by atoms with Crippen molar-refractivity contribution in [2.75, 3.05) is 19.9 Å². The van der Waals surface area contributed by atoms with Gasteiger partial charge in [0.05, 0.1) is 12.1 Å². The Morgan fingerprint density at radius 1 is 1.19 bits per heavy atom. The number of pyridine rings is 1. The van der Waals surface area contributed by atoms with E-state index in [-0.39, 0.29) is 12.4 Å². The third-order valence-corrected chi connectivity index (χ3v) is 5.88. The summed E-state index contributed by atoms with van der Waals surface area (Å²) in [6, 6.07) is 14.1. The minimum Gasteiger partial charge on any atom is -0.454 e. The summed E-state index contributed by atoms with van der Waals surface area (Å²) in [5, 5.41) is 4.92. The van der Waals surface area contributed by atoms with Gasteiger partial charge in [-0.1, -0.05) is 43.7 Å². The molecule has 0 radical (unpaired) electrons. The largest absolute Gasteiger partial charge is 0.454 e. The Kier molecular flexibility index (Phi) is 6.65. The van der Waals surface area contributed by atoms with E-state index in [1.165, 1.54) is 11.1 Å². The highest BCUT2D eigenvalue weighted by atomic mass is 32.1. The van der Waals surface area contributed by atoms with Crippen LogP contribution in [-0.2, 0) is 13.0 Å². The predicted octanol–water partition coefficient (Wildman–Crippen LogP) is 4.14. The summed E-state index contributed by atoms with van der Waals surface area (Å²) in [7, 11) is 0. The van der Waals surface area contributed by atoms with Crippen LogP contribution in [-0.4, -0.2) is 34.9 Å². The van der Waals surface area contributed by atoms with E-state index >= 15 is 0 Å². The second-order valence-corrected chi connectivity index (χ2v) is 9.04. The van der Waals surface area contributed by atoms with Gasteiger partial charge in [0, 0.05) is 30.1 Å². The lowest BCUT2D eigenvalue weighted by molar-refractivity contribution is 0.174. The molecule has 168 valence electrons. The second-order valence-electron chi connectivity index (χ2n) is 8.66. The van der Waals surface area contributed by atoms with Crippen molar-refractivity contribution in [3.63, 3.8) is 0 Å². The van der Waals surface area contributed by atoms with Gasteiger partial charge < -0.3 is 24.7 Å². The zero-order valence-corrected chi connectivity index (χ0v) is 19.6. The Bertz CT molecular complexity index is 1190. The molecule has 0 saturated heterocycles. The molecule has 0 amide bonds. The zero-order valence-electron chi connectivity index (χ0n) is 18.7. The number of aromatic amines is 1. The molecular formula is C25H29N3O3S. The van der Waals surface area contributed by atoms with E-state index in [1.54, 1.807) is 0 Å². The number of benzene rings is 2. The van der Waals surface area contributed by atoms with Crippen LogP contribution in [0.15, 0.2) is 47.3 Å². The summed E-state index contributed by atoms with van der Waals surface area (Å²) in [5.74, 6) is 1.82. The first-order valence-electron chi connectivity index (χ1n) is 10.9. The van der Waals surface area contributed by atoms with Crippen LogP contribution >= 0.6 is 12.2 Å². The maximum atomic E-state index is 12.9. The molecule has 0 saturated carbocycles. The van der Waals surface area contributed by atoms with Gasteiger partial charge in [-0.15, -0.1) is 0 Å². The molecule has 1 aromatic heterocycles. The van der Waals surface area contributed by atoms with Crippen LogP contribution in [0.25, 0.3) is 10.9 Å². The van der Waals surface area contributed by atoms with Crippen molar-refractivity contribution < 1.29 is 9.47 Å². The first kappa shape index (κ1) is 22.1. The standard InChI is InChI=1S/C25H29N3O3S/c1-16(2)13-26-25(32)28(8-7-18-6-4-5-17(3)9-18)14-20-10-19-11-22-23(31-15-30-22)12-21(19)27-24(20)29/h4-6,9-12,16H,7-8,13-15H2,1-3H3,(H,26,32)(H,27,29). The Hall–Kier alpha value is -3.06. The number of fused-ring (bicyclic) bond motifs is 2. The third-order valence-electron chi connectivity index (χ3n) is 5.48. The normalized spacial score (nSPS) is 12.4. The number of hydrogen-bond acceptors (Lipinski definition) is 4. The van der Waals surface area contributed by atoms with Crippen molar-refractivity contribution in [2.24, 2.45) is 5.92 Å². The first-order valence-corrected chi connectivity index (χ1v) is 11.3. The van der Waals surface area contributed by atoms with Gasteiger partial charge in [0.25, 0.3) is 5.56 Å². The van der Waals surface area contributed by atoms with E-state index in [2.05, 4.69) is 60.2 Å². The number of ether oxygens (including phenoxy) is 2. The number of aryl methyl sites for hydroxylation is 1. The van der Waals surface area contributed by atoms with E-state index in [0.717, 1.165) is 23.9 Å². The summed E-state index contributed by atoms with van der Waals surface area (Å²) in [6.45, 7) is 8.51. The van der Waals surface area contributed by atoms with Gasteiger partial charge in [0.1, 0.15) is 0 Å². The molecule has 6 nitrogen and oxygen atoms in total. The average Bonchev–Trinajstić information content (AvgIpc) is 3.21. The quantitative estimate of drug-likeness (QED) is 0.527. The van der Waals surface area contributed by atoms with Gasteiger partial charge in [0.15, 0.2) is 16.6 Å². The number of hydrogen-bond donors (Lipinski definition) is 2. The van der Waals surface area contributed by atoms with Crippen LogP contribution in [0, 0.1) is 12.8 Å². The third kappa shape index (κ3) is 5.22. The molecule has 4 rings (SSSR count). The molecule has 2 N–H and O–H groups in total. The van der Waals surface area contributed by atoms with E-state index in [1.807, 2.05) is 18.2 Å². The summed E-state index contributed by atoms with van der Waals surface area (Å²) in [6.07, 6.45) is 0.843. The molecule has 0 atom stereocenters. The van der Waals surface area contributed by atoms with E-state index < -0.39 is 0 Å². The highest BCUT2D eigenvalue weighted by molar-refractivity contribution is 7.80. The van der Waals surface area contributed by atoms with Crippen molar-refractivity contribution in [1.82, 2.24) is 15.2 Å². The predicted molar refractivity (Wildman–Crippen MR) is 131 cm³/mol. The minimum atomic E-state index is -0.122. The Labute approximate surface area is 193 Å². The van der Waals surface area contributed by atoms with Gasteiger partial charge in [-0.05, 0) is 49.2 Å². The number of thiocarbonyl (C=S) groups is 1. The molecule has 7 heteroatoms. The number of H-pyrrole nitrogens is 1. The lowest BCUT2D eigenvalue weighted by Crippen LogP contribution is -2.42. The SMILES string of the molecule is Cc1cccc(CCN(Cc2cc3cc4c(cc3[nH]c2=O)OCO4)C(=S)NCC(C)C)c1. The molecule has 3 aromatic rings. The minimum absolute atomic E-state index is 0.122. The van der Waals surface area contributed by atoms with Gasteiger partial charge in [-0.25, -0.2) is 0 Å². The highest BCUT2D eigenvalue weighted by Gasteiger charge is 2.17. The molecule has 1 aliphatic heterocycles. The lowest BCUT2D eigenvalue weighted by Gasteiger charge is -2.26. The second kappa shape index (κ2) is 9.61. The summed E-state index contributed by atoms with van der Waals surface area (Å²) in [4.78, 5) is 17.9. The number of nitrogens with zero attached hydrogens (tertiary/aromatic N) is 1. The van der Waals surface area contributed by atoms with Gasteiger partial charge in [-0.3, -0.25) is 4.79 Å². The lowest BCUT2D eigenvalue weighted by atomic mass is 10.1. The molecule has 2 aromatic carbocycles. The summed E-state index contributed by atoms with van der Waals surface area (Å²) in [5.41, 5.74) is 3.76. The molecule has 2 heterocycles. The molecule has 0 bridgehead atoms. The van der Waals surface area contributed by atoms with Crippen molar-refractivity contribution >= 4 is 28.2 Å². The van der Waals surface area contributed by atoms with Crippen LogP contribution in [0.5, 0.6) is 11.5 Å². The molecule has 0 aliphatic carbocycles. The van der Waals surface area contributed by atoms with E-state index in [9.17, 15) is 4.79 Å². The monoisotopic (exact) mass is 451 g/mol. The van der Waals surface area contributed by atoms with E-state index in [0.29, 0.717) is 41.2 Å². The average molecular weight is 452 g/mol. The van der Waals surface area contributed by atoms with Crippen molar-refractivity contribution in [1.29, 1.82) is 0 Å². The van der Waals surface area contributed by atoms with Crippen molar-refractivity contribution in [2.45, 2.75) is 33.7 Å². The molecular weight excluding hydrogens is 422 g/mol. The van der Waals surface area contributed by atoms with Gasteiger partial charge in [0.2, 0.25) is 6.79 Å². The topological polar surface area (TPSA) is 66.6 Å². The maximum absolute atomic E-state index is 12.9. The number of nitrogens with one attached hydrogen (secondary N) is 2. The van der Waals surface area contributed by atoms with Gasteiger partial charge >= 0.3 is 0 Å². The van der Waals surface area contributed by atoms with Crippen LogP contribution in [0.4, 0.5) is 0 Å². The molecule has 0 unspecified atom stereocenters. The van der Waals surface area contributed by atoms with Crippen molar-refractivity contribution in [3.05, 3.63) is 69.5 Å². The smallest absolute Gasteiger partial charge is 0.253 e. The molecule has 0 spiro atoms. The zero-order chi connectivity index (χ0) is 22.7. The van der Waals surface area contributed by atoms with Gasteiger partial charge in [-0.2, -0.15) is 0 Å². The van der Waals surface area contributed by atoms with Crippen LogP contribution < -0.4 is 20.3 Å². The molecule has 32 heavy (non-hydrogen) atoms. The van der Waals surface area contributed by atoms with Crippen LogP contribution in [0.3, 0.4) is 0 Å². The summed E-state index contributed by atoms with van der Waals surface area (Å²) >= 11 is 5.70. The highest BCUT2D eigenvalue weighted by Crippen LogP contribution is 2.35. The van der Waals surface area contributed by atoms with Crippen LogP contribution in [0.2, 0.25) is 0 Å². The fraction of sp³-hybridized carbons (Fsp3) is 0.360. The van der Waals surface area contributed by atoms with Crippen molar-refractivity contribution in [3.8, 4) is 11.5 Å². The Morgan fingerprint density at radius 3 is 2.72 bits per heavy atom. The first-order chi connectivity index (χ1) is 15.4. The van der Waals surface area contributed by atoms with Crippen LogP contribution in [0.1, 0.15) is 30.5 Å². The summed E-state index contributed by atoms with van der Waals surface area (Å²) < 4.78 is 10.9. The maximum Gasteiger partial charge on any atom is 0.253 e. The number of aromatic nitrogens is 1. The van der Waals surface area contributed by atoms with E-state index in [4.69, 9.17) is 21.7 Å². The number of rotatable bonds is 7. The Morgan fingerprint density at radius 2 is 1.97 bits per heavy atom. The Balaban J connectivity index is 1.58. The fourth-order valence-electron chi connectivity index (χ4n) is 3.75. The molecule has 0 fully saturated rings. The molecule has 1 aliphatic rings. The fourth-order valence-corrected chi connectivity index (χ4v) is 3.99.